The number of rotatable bonds is 7. The molecule has 0 aliphatic rings. The molecule has 0 fully saturated rings. The zero-order valence-electron chi connectivity index (χ0n) is 12.4. The molecular weight excluding hydrogens is 263 g/mol. The maximum atomic E-state index is 12.0. The van der Waals surface area contributed by atoms with Crippen LogP contribution in [-0.2, 0) is 5.41 Å². The summed E-state index contributed by atoms with van der Waals surface area (Å²) in [6, 6.07) is 10.4. The first-order valence-corrected chi connectivity index (χ1v) is 7.06. The van der Waals surface area contributed by atoms with Crippen molar-refractivity contribution in [2.24, 2.45) is 0 Å². The maximum absolute atomic E-state index is 12.0. The Morgan fingerprint density at radius 1 is 1.10 bits per heavy atom. The largest absolute Gasteiger partial charge is 0.389 e. The van der Waals surface area contributed by atoms with E-state index >= 15 is 0 Å². The van der Waals surface area contributed by atoms with Gasteiger partial charge in [0.25, 0.3) is 0 Å². The number of benzene rings is 1. The normalized spacial score (nSPS) is 14.3. The lowest BCUT2D eigenvalue weighted by molar-refractivity contribution is -0.135. The summed E-state index contributed by atoms with van der Waals surface area (Å²) in [5.74, 6) is 0. The quantitative estimate of drug-likeness (QED) is 0.718. The van der Waals surface area contributed by atoms with E-state index in [4.69, 9.17) is 0 Å². The number of halogens is 3. The van der Waals surface area contributed by atoms with Gasteiger partial charge in [-0.05, 0) is 37.3 Å². The molecule has 4 heteroatoms. The second kappa shape index (κ2) is 7.11. The van der Waals surface area contributed by atoms with Crippen LogP contribution in [0.4, 0.5) is 13.2 Å². The summed E-state index contributed by atoms with van der Waals surface area (Å²) in [5.41, 5.74) is 1.27. The van der Waals surface area contributed by atoms with Crippen LogP contribution in [0, 0.1) is 0 Å². The van der Waals surface area contributed by atoms with Crippen molar-refractivity contribution in [3.63, 3.8) is 0 Å². The van der Waals surface area contributed by atoms with Crippen molar-refractivity contribution in [2.45, 2.75) is 57.7 Å². The SMILES string of the molecule is CC(CC(C)(C)c1ccccc1)NCCCC(F)(F)F. The van der Waals surface area contributed by atoms with Crippen LogP contribution in [0.2, 0.25) is 0 Å². The van der Waals surface area contributed by atoms with Gasteiger partial charge in [0.1, 0.15) is 0 Å². The van der Waals surface area contributed by atoms with E-state index in [0.717, 1.165) is 6.42 Å². The molecule has 0 aliphatic heterocycles. The van der Waals surface area contributed by atoms with Gasteiger partial charge in [-0.2, -0.15) is 13.2 Å². The fourth-order valence-electron chi connectivity index (χ4n) is 2.48. The predicted molar refractivity (Wildman–Crippen MR) is 76.8 cm³/mol. The van der Waals surface area contributed by atoms with E-state index in [0.29, 0.717) is 6.54 Å². The highest BCUT2D eigenvalue weighted by Crippen LogP contribution is 2.28. The molecule has 1 unspecified atom stereocenters. The minimum atomic E-state index is -4.05. The lowest BCUT2D eigenvalue weighted by Gasteiger charge is -2.29. The molecule has 0 aliphatic carbocycles. The minimum absolute atomic E-state index is 0.0116. The highest BCUT2D eigenvalue weighted by atomic mass is 19.4. The predicted octanol–water partition coefficient (Wildman–Crippen LogP) is 4.67. The molecule has 0 spiro atoms. The van der Waals surface area contributed by atoms with Crippen molar-refractivity contribution in [1.29, 1.82) is 0 Å². The highest BCUT2D eigenvalue weighted by Gasteiger charge is 2.26. The first-order chi connectivity index (χ1) is 9.21. The molecule has 0 amide bonds. The van der Waals surface area contributed by atoms with Crippen LogP contribution in [0.15, 0.2) is 30.3 Å². The standard InChI is InChI=1S/C16H24F3N/c1-13(20-11-7-10-16(17,18)19)12-15(2,3)14-8-5-4-6-9-14/h4-6,8-9,13,20H,7,10-12H2,1-3H3. The van der Waals surface area contributed by atoms with Crippen LogP contribution in [0.1, 0.15) is 45.6 Å². The van der Waals surface area contributed by atoms with E-state index < -0.39 is 12.6 Å². The van der Waals surface area contributed by atoms with Crippen molar-refractivity contribution >= 4 is 0 Å². The van der Waals surface area contributed by atoms with Gasteiger partial charge in [0, 0.05) is 12.5 Å². The van der Waals surface area contributed by atoms with Crippen molar-refractivity contribution in [1.82, 2.24) is 5.32 Å². The first-order valence-electron chi connectivity index (χ1n) is 7.06. The molecule has 0 bridgehead atoms. The van der Waals surface area contributed by atoms with Crippen LogP contribution < -0.4 is 5.32 Å². The Morgan fingerprint density at radius 3 is 2.25 bits per heavy atom. The number of nitrogens with one attached hydrogen (secondary N) is 1. The number of alkyl halides is 3. The van der Waals surface area contributed by atoms with Crippen molar-refractivity contribution in [3.05, 3.63) is 35.9 Å². The Labute approximate surface area is 119 Å². The van der Waals surface area contributed by atoms with Gasteiger partial charge < -0.3 is 5.32 Å². The molecule has 0 radical (unpaired) electrons. The summed E-state index contributed by atoms with van der Waals surface area (Å²) in [6.45, 7) is 6.76. The van der Waals surface area contributed by atoms with E-state index in [9.17, 15) is 13.2 Å². The van der Waals surface area contributed by atoms with E-state index in [-0.39, 0.29) is 17.9 Å². The third-order valence-electron chi connectivity index (χ3n) is 3.50. The Kier molecular flexibility index (Phi) is 6.06. The molecule has 114 valence electrons. The van der Waals surface area contributed by atoms with E-state index in [2.05, 4.69) is 31.3 Å². The molecule has 1 rings (SSSR count). The van der Waals surface area contributed by atoms with Crippen molar-refractivity contribution in [3.8, 4) is 0 Å². The summed E-state index contributed by atoms with van der Waals surface area (Å²) in [6.07, 6.45) is -3.73. The first kappa shape index (κ1) is 17.0. The highest BCUT2D eigenvalue weighted by molar-refractivity contribution is 5.23. The molecule has 1 atom stereocenters. The number of hydrogen-bond donors (Lipinski definition) is 1. The van der Waals surface area contributed by atoms with Gasteiger partial charge in [0.05, 0.1) is 0 Å². The third kappa shape index (κ3) is 6.42. The lowest BCUT2D eigenvalue weighted by Crippen LogP contribution is -2.34. The molecular formula is C16H24F3N. The van der Waals surface area contributed by atoms with Crippen molar-refractivity contribution in [2.75, 3.05) is 6.54 Å². The molecule has 1 aromatic rings. The van der Waals surface area contributed by atoms with Crippen LogP contribution in [0.5, 0.6) is 0 Å². The summed E-state index contributed by atoms with van der Waals surface area (Å²) in [4.78, 5) is 0. The van der Waals surface area contributed by atoms with Crippen LogP contribution >= 0.6 is 0 Å². The Morgan fingerprint density at radius 2 is 1.70 bits per heavy atom. The lowest BCUT2D eigenvalue weighted by atomic mass is 9.79. The maximum Gasteiger partial charge on any atom is 0.389 e. The monoisotopic (exact) mass is 287 g/mol. The summed E-state index contributed by atoms with van der Waals surface area (Å²) in [7, 11) is 0. The zero-order valence-corrected chi connectivity index (χ0v) is 12.4. The van der Waals surface area contributed by atoms with Crippen LogP contribution in [0.3, 0.4) is 0 Å². The molecule has 0 heterocycles. The molecule has 0 saturated carbocycles. The fourth-order valence-corrected chi connectivity index (χ4v) is 2.48. The third-order valence-corrected chi connectivity index (χ3v) is 3.50. The van der Waals surface area contributed by atoms with Gasteiger partial charge in [0.15, 0.2) is 0 Å². The van der Waals surface area contributed by atoms with Gasteiger partial charge >= 0.3 is 6.18 Å². The molecule has 20 heavy (non-hydrogen) atoms. The van der Waals surface area contributed by atoms with Crippen LogP contribution in [-0.4, -0.2) is 18.8 Å². The van der Waals surface area contributed by atoms with Crippen LogP contribution in [0.25, 0.3) is 0 Å². The van der Waals surface area contributed by atoms with E-state index in [1.807, 2.05) is 25.1 Å². The fraction of sp³-hybridized carbons (Fsp3) is 0.625. The molecule has 1 nitrogen and oxygen atoms in total. The Balaban J connectivity index is 2.36. The van der Waals surface area contributed by atoms with Crippen molar-refractivity contribution < 1.29 is 13.2 Å². The number of hydrogen-bond acceptors (Lipinski definition) is 1. The molecule has 0 saturated heterocycles. The summed E-state index contributed by atoms with van der Waals surface area (Å²) in [5, 5.41) is 3.18. The molecule has 1 N–H and O–H groups in total. The van der Waals surface area contributed by atoms with E-state index in [1.54, 1.807) is 0 Å². The molecule has 1 aromatic carbocycles. The topological polar surface area (TPSA) is 12.0 Å². The second-order valence-electron chi connectivity index (χ2n) is 6.03. The van der Waals surface area contributed by atoms with Gasteiger partial charge in [0.2, 0.25) is 0 Å². The van der Waals surface area contributed by atoms with Gasteiger partial charge in [-0.25, -0.2) is 0 Å². The van der Waals surface area contributed by atoms with E-state index in [1.165, 1.54) is 5.56 Å². The summed E-state index contributed by atoms with van der Waals surface area (Å²) >= 11 is 0. The van der Waals surface area contributed by atoms with Gasteiger partial charge in [-0.3, -0.25) is 0 Å². The van der Waals surface area contributed by atoms with Gasteiger partial charge in [-0.15, -0.1) is 0 Å². The summed E-state index contributed by atoms with van der Waals surface area (Å²) < 4.78 is 36.1. The average Bonchev–Trinajstić information content (AvgIpc) is 2.34. The Hall–Kier alpha value is -1.03. The molecule has 0 aromatic heterocycles. The average molecular weight is 287 g/mol. The Bertz CT molecular complexity index is 384. The van der Waals surface area contributed by atoms with Gasteiger partial charge in [-0.1, -0.05) is 44.2 Å². The second-order valence-corrected chi connectivity index (χ2v) is 6.03. The smallest absolute Gasteiger partial charge is 0.314 e. The zero-order chi connectivity index (χ0) is 15.2. The minimum Gasteiger partial charge on any atom is -0.314 e.